The van der Waals surface area contributed by atoms with Crippen molar-refractivity contribution in [3.05, 3.63) is 63.1 Å². The monoisotopic (exact) mass is 328 g/mol. The Morgan fingerprint density at radius 2 is 2.11 bits per heavy atom. The molecule has 0 saturated carbocycles. The fraction of sp³-hybridized carbons (Fsp3) is 0.154. The van der Waals surface area contributed by atoms with Crippen LogP contribution in [0, 0.1) is 5.82 Å². The maximum absolute atomic E-state index is 13.2. The van der Waals surface area contributed by atoms with Crippen molar-refractivity contribution in [1.29, 1.82) is 0 Å². The third kappa shape index (κ3) is 3.51. The molecule has 18 heavy (non-hydrogen) atoms. The Kier molecular flexibility index (Phi) is 4.32. The molecule has 1 atom stereocenters. The van der Waals surface area contributed by atoms with E-state index in [1.165, 1.54) is 12.1 Å². The van der Waals surface area contributed by atoms with Crippen LogP contribution in [-0.2, 0) is 6.42 Å². The average molecular weight is 330 g/mol. The molecule has 0 fully saturated rings. The van der Waals surface area contributed by atoms with Gasteiger partial charge in [0.1, 0.15) is 5.82 Å². The number of nitrogens with zero attached hydrogens (tertiary/aromatic N) is 1. The Bertz CT molecular complexity index is 525. The van der Waals surface area contributed by atoms with Crippen molar-refractivity contribution in [3.8, 4) is 0 Å². The quantitative estimate of drug-likeness (QED) is 0.928. The van der Waals surface area contributed by atoms with Crippen LogP contribution < -0.4 is 5.73 Å². The number of benzene rings is 1. The summed E-state index contributed by atoms with van der Waals surface area (Å²) in [6.07, 6.45) is 2.07. The van der Waals surface area contributed by atoms with Crippen molar-refractivity contribution in [2.45, 2.75) is 12.5 Å². The molecule has 0 saturated heterocycles. The molecular formula is C13H11BrClFN2. The molecule has 0 spiro atoms. The first kappa shape index (κ1) is 13.5. The molecule has 94 valence electrons. The molecule has 0 aliphatic carbocycles. The molecule has 2 N–H and O–H groups in total. The molecule has 0 bridgehead atoms. The van der Waals surface area contributed by atoms with Crippen LogP contribution in [0.25, 0.3) is 0 Å². The minimum atomic E-state index is -0.282. The van der Waals surface area contributed by atoms with E-state index in [-0.39, 0.29) is 11.9 Å². The summed E-state index contributed by atoms with van der Waals surface area (Å²) in [5.74, 6) is -0.282. The van der Waals surface area contributed by atoms with Gasteiger partial charge >= 0.3 is 0 Å². The highest BCUT2D eigenvalue weighted by atomic mass is 79.9. The van der Waals surface area contributed by atoms with Gasteiger partial charge in [-0.05, 0) is 42.3 Å². The third-order valence-electron chi connectivity index (χ3n) is 2.51. The highest BCUT2D eigenvalue weighted by Gasteiger charge is 2.09. The lowest BCUT2D eigenvalue weighted by molar-refractivity contribution is 0.620. The number of aromatic nitrogens is 1. The van der Waals surface area contributed by atoms with Crippen molar-refractivity contribution >= 4 is 27.5 Å². The van der Waals surface area contributed by atoms with Gasteiger partial charge in [-0.2, -0.15) is 0 Å². The fourth-order valence-electron chi connectivity index (χ4n) is 1.69. The molecule has 1 unspecified atom stereocenters. The minimum Gasteiger partial charge on any atom is -0.322 e. The van der Waals surface area contributed by atoms with Crippen LogP contribution in [0.15, 0.2) is 41.0 Å². The van der Waals surface area contributed by atoms with E-state index < -0.39 is 0 Å². The second-order valence-corrected chi connectivity index (χ2v) is 5.34. The molecule has 1 aromatic heterocycles. The lowest BCUT2D eigenvalue weighted by Crippen LogP contribution is -2.14. The van der Waals surface area contributed by atoms with Gasteiger partial charge < -0.3 is 5.73 Å². The smallest absolute Gasteiger partial charge is 0.124 e. The van der Waals surface area contributed by atoms with Crippen molar-refractivity contribution < 1.29 is 4.39 Å². The van der Waals surface area contributed by atoms with Crippen LogP contribution in [0.3, 0.4) is 0 Å². The zero-order chi connectivity index (χ0) is 13.1. The maximum atomic E-state index is 13.2. The molecule has 1 heterocycles. The summed E-state index contributed by atoms with van der Waals surface area (Å²) < 4.78 is 13.9. The maximum Gasteiger partial charge on any atom is 0.124 e. The predicted octanol–water partition coefficient (Wildman–Crippen LogP) is 3.88. The fourth-order valence-corrected chi connectivity index (χ4v) is 2.32. The van der Waals surface area contributed by atoms with Crippen LogP contribution in [0.4, 0.5) is 4.39 Å². The van der Waals surface area contributed by atoms with Crippen LogP contribution in [0.5, 0.6) is 0 Å². The van der Waals surface area contributed by atoms with Gasteiger partial charge in [-0.15, -0.1) is 0 Å². The molecule has 2 aromatic rings. The molecule has 0 aliphatic heterocycles. The molecule has 2 rings (SSSR count). The lowest BCUT2D eigenvalue weighted by Gasteiger charge is -2.11. The summed E-state index contributed by atoms with van der Waals surface area (Å²) in [6.45, 7) is 0. The first-order chi connectivity index (χ1) is 8.54. The second-order valence-electron chi connectivity index (χ2n) is 3.99. The van der Waals surface area contributed by atoms with Gasteiger partial charge in [0.05, 0.1) is 16.8 Å². The molecule has 5 heteroatoms. The van der Waals surface area contributed by atoms with Crippen molar-refractivity contribution in [3.63, 3.8) is 0 Å². The Morgan fingerprint density at radius 1 is 1.33 bits per heavy atom. The first-order valence-corrected chi connectivity index (χ1v) is 6.53. The summed E-state index contributed by atoms with van der Waals surface area (Å²) in [7, 11) is 0. The predicted molar refractivity (Wildman–Crippen MR) is 74.0 cm³/mol. The van der Waals surface area contributed by atoms with E-state index in [4.69, 9.17) is 17.3 Å². The molecule has 2 nitrogen and oxygen atoms in total. The van der Waals surface area contributed by atoms with Gasteiger partial charge in [-0.25, -0.2) is 4.39 Å². The highest BCUT2D eigenvalue weighted by Crippen LogP contribution is 2.20. The zero-order valence-electron chi connectivity index (χ0n) is 9.41. The van der Waals surface area contributed by atoms with Gasteiger partial charge in [0.15, 0.2) is 0 Å². The molecular weight excluding hydrogens is 319 g/mol. The number of hydrogen-bond donors (Lipinski definition) is 1. The molecule has 0 amide bonds. The minimum absolute atomic E-state index is 0.282. The molecule has 0 aliphatic rings. The van der Waals surface area contributed by atoms with E-state index in [1.807, 2.05) is 6.07 Å². The SMILES string of the molecule is NC(Cc1cc(F)cc(Br)c1)c1ccc(Cl)cn1. The first-order valence-electron chi connectivity index (χ1n) is 5.36. The van der Waals surface area contributed by atoms with Gasteiger partial charge in [0.25, 0.3) is 0 Å². The summed E-state index contributed by atoms with van der Waals surface area (Å²) in [5.41, 5.74) is 7.59. The molecule has 1 aromatic carbocycles. The van der Waals surface area contributed by atoms with E-state index in [9.17, 15) is 4.39 Å². The number of rotatable bonds is 3. The van der Waals surface area contributed by atoms with E-state index in [0.29, 0.717) is 15.9 Å². The van der Waals surface area contributed by atoms with E-state index in [0.717, 1.165) is 11.3 Å². The van der Waals surface area contributed by atoms with E-state index in [2.05, 4.69) is 20.9 Å². The molecule has 0 radical (unpaired) electrons. The Balaban J connectivity index is 2.15. The van der Waals surface area contributed by atoms with Crippen LogP contribution >= 0.6 is 27.5 Å². The van der Waals surface area contributed by atoms with Crippen LogP contribution in [-0.4, -0.2) is 4.98 Å². The van der Waals surface area contributed by atoms with Crippen molar-refractivity contribution in [2.75, 3.05) is 0 Å². The Hall–Kier alpha value is -0.970. The van der Waals surface area contributed by atoms with Gasteiger partial charge in [-0.3, -0.25) is 4.98 Å². The average Bonchev–Trinajstić information content (AvgIpc) is 2.28. The standard InChI is InChI=1S/C13H11BrClFN2/c14-9-3-8(4-11(16)6-9)5-12(17)13-2-1-10(15)7-18-13/h1-4,6-7,12H,5,17H2. The topological polar surface area (TPSA) is 38.9 Å². The van der Waals surface area contributed by atoms with Gasteiger partial charge in [-0.1, -0.05) is 27.5 Å². The van der Waals surface area contributed by atoms with Crippen molar-refractivity contribution in [2.24, 2.45) is 5.73 Å². The Labute approximate surface area is 118 Å². The van der Waals surface area contributed by atoms with E-state index >= 15 is 0 Å². The Morgan fingerprint density at radius 3 is 2.72 bits per heavy atom. The number of hydrogen-bond acceptors (Lipinski definition) is 2. The number of halogens is 3. The second kappa shape index (κ2) is 5.78. The van der Waals surface area contributed by atoms with Gasteiger partial charge in [0, 0.05) is 10.7 Å². The van der Waals surface area contributed by atoms with E-state index in [1.54, 1.807) is 18.3 Å². The lowest BCUT2D eigenvalue weighted by atomic mass is 10.0. The largest absolute Gasteiger partial charge is 0.322 e. The third-order valence-corrected chi connectivity index (χ3v) is 3.19. The van der Waals surface area contributed by atoms with Crippen LogP contribution in [0.1, 0.15) is 17.3 Å². The summed E-state index contributed by atoms with van der Waals surface area (Å²) in [4.78, 5) is 4.16. The number of pyridine rings is 1. The normalized spacial score (nSPS) is 12.4. The zero-order valence-corrected chi connectivity index (χ0v) is 11.7. The van der Waals surface area contributed by atoms with Crippen molar-refractivity contribution in [1.82, 2.24) is 4.98 Å². The number of nitrogens with two attached hydrogens (primary N) is 1. The summed E-state index contributed by atoms with van der Waals surface area (Å²) in [5, 5.41) is 0.569. The van der Waals surface area contributed by atoms with Crippen LogP contribution in [0.2, 0.25) is 5.02 Å². The van der Waals surface area contributed by atoms with Gasteiger partial charge in [0.2, 0.25) is 0 Å². The summed E-state index contributed by atoms with van der Waals surface area (Å²) >= 11 is 9.01. The highest BCUT2D eigenvalue weighted by molar-refractivity contribution is 9.10. The summed E-state index contributed by atoms with van der Waals surface area (Å²) in [6, 6.07) is 7.97.